The van der Waals surface area contributed by atoms with Crippen molar-refractivity contribution in [1.29, 1.82) is 0 Å². The maximum absolute atomic E-state index is 11.7. The number of pyridine rings is 1. The number of aldehydes is 1. The molecule has 0 aliphatic heterocycles. The van der Waals surface area contributed by atoms with E-state index in [0.29, 0.717) is 43.0 Å². The van der Waals surface area contributed by atoms with Crippen LogP contribution in [0.2, 0.25) is 0 Å². The summed E-state index contributed by atoms with van der Waals surface area (Å²) in [6.07, 6.45) is 0.980. The molecular weight excluding hydrogens is 346 g/mol. The van der Waals surface area contributed by atoms with Crippen LogP contribution in [0.3, 0.4) is 0 Å². The molecular formula is C19H21N5O3. The Bertz CT molecular complexity index is 1040. The molecule has 3 rings (SSSR count). The number of aromatic nitrogens is 3. The first-order chi connectivity index (χ1) is 12.9. The number of amides is 1. The van der Waals surface area contributed by atoms with Gasteiger partial charge < -0.3 is 15.2 Å². The summed E-state index contributed by atoms with van der Waals surface area (Å²) >= 11 is 0. The van der Waals surface area contributed by atoms with E-state index in [9.17, 15) is 14.4 Å². The number of hydrogen-bond donors (Lipinski definition) is 1. The lowest BCUT2D eigenvalue weighted by Gasteiger charge is -2.16. The van der Waals surface area contributed by atoms with Crippen molar-refractivity contribution in [2.45, 2.75) is 32.9 Å². The van der Waals surface area contributed by atoms with Gasteiger partial charge in [0.2, 0.25) is 5.91 Å². The highest BCUT2D eigenvalue weighted by molar-refractivity contribution is 6.24. The zero-order valence-corrected chi connectivity index (χ0v) is 15.3. The van der Waals surface area contributed by atoms with Crippen LogP contribution >= 0.6 is 0 Å². The van der Waals surface area contributed by atoms with Gasteiger partial charge in [0, 0.05) is 32.3 Å². The number of imidazole rings is 1. The van der Waals surface area contributed by atoms with Crippen molar-refractivity contribution >= 4 is 45.7 Å². The van der Waals surface area contributed by atoms with E-state index in [1.807, 2.05) is 28.8 Å². The summed E-state index contributed by atoms with van der Waals surface area (Å²) in [5, 5.41) is 0.896. The molecule has 3 aromatic rings. The van der Waals surface area contributed by atoms with Crippen LogP contribution in [0.4, 0.5) is 5.82 Å². The standard InChI is InChI=1S/C19H21N5O3/c1-12(26)23(2)10-16-22-17-18(24(16)9-5-6-13(27)11-25)14-7-3-4-8-15(14)21-19(17)20/h3-4,7-8,11H,5-6,9-10H2,1-2H3,(H2,20,21). The molecule has 0 fully saturated rings. The Morgan fingerprint density at radius 2 is 2.00 bits per heavy atom. The monoisotopic (exact) mass is 367 g/mol. The van der Waals surface area contributed by atoms with Crippen LogP contribution in [-0.2, 0) is 27.5 Å². The van der Waals surface area contributed by atoms with Gasteiger partial charge in [-0.05, 0) is 12.5 Å². The summed E-state index contributed by atoms with van der Waals surface area (Å²) in [6.45, 7) is 2.27. The largest absolute Gasteiger partial charge is 0.382 e. The normalized spacial score (nSPS) is 11.0. The third kappa shape index (κ3) is 3.64. The molecule has 2 N–H and O–H groups in total. The Morgan fingerprint density at radius 1 is 1.26 bits per heavy atom. The minimum atomic E-state index is -0.437. The van der Waals surface area contributed by atoms with Gasteiger partial charge in [-0.3, -0.25) is 14.4 Å². The molecule has 140 valence electrons. The second-order valence-electron chi connectivity index (χ2n) is 6.45. The summed E-state index contributed by atoms with van der Waals surface area (Å²) in [4.78, 5) is 44.2. The molecule has 1 aromatic carbocycles. The lowest BCUT2D eigenvalue weighted by Crippen LogP contribution is -2.25. The molecule has 0 spiro atoms. The van der Waals surface area contributed by atoms with E-state index in [1.165, 1.54) is 6.92 Å². The molecule has 27 heavy (non-hydrogen) atoms. The third-order valence-corrected chi connectivity index (χ3v) is 4.54. The Labute approximate surface area is 156 Å². The van der Waals surface area contributed by atoms with Crippen molar-refractivity contribution in [1.82, 2.24) is 19.4 Å². The van der Waals surface area contributed by atoms with Gasteiger partial charge in [0.25, 0.3) is 0 Å². The number of Topliss-reactive ketones (excluding diaryl/α,β-unsaturated/α-hetero) is 1. The maximum atomic E-state index is 11.7. The fourth-order valence-corrected chi connectivity index (χ4v) is 3.06. The predicted molar refractivity (Wildman–Crippen MR) is 102 cm³/mol. The van der Waals surface area contributed by atoms with Crippen molar-refractivity contribution in [2.24, 2.45) is 0 Å². The predicted octanol–water partition coefficient (Wildman–Crippen LogP) is 1.69. The Hall–Kier alpha value is -3.29. The molecule has 0 radical (unpaired) electrons. The molecule has 1 amide bonds. The molecule has 0 aliphatic carbocycles. The Balaban J connectivity index is 2.14. The summed E-state index contributed by atoms with van der Waals surface area (Å²) < 4.78 is 1.97. The number of ketones is 1. The van der Waals surface area contributed by atoms with Crippen molar-refractivity contribution in [2.75, 3.05) is 12.8 Å². The van der Waals surface area contributed by atoms with E-state index in [2.05, 4.69) is 9.97 Å². The number of para-hydroxylation sites is 1. The van der Waals surface area contributed by atoms with Crippen molar-refractivity contribution < 1.29 is 14.4 Å². The number of rotatable bonds is 7. The number of fused-ring (bicyclic) bond motifs is 3. The smallest absolute Gasteiger partial charge is 0.219 e. The Morgan fingerprint density at radius 3 is 2.70 bits per heavy atom. The number of aryl methyl sites for hydroxylation is 1. The van der Waals surface area contributed by atoms with Gasteiger partial charge in [-0.15, -0.1) is 0 Å². The second kappa shape index (κ2) is 7.53. The molecule has 8 nitrogen and oxygen atoms in total. The van der Waals surface area contributed by atoms with Crippen molar-refractivity contribution in [3.05, 3.63) is 30.1 Å². The van der Waals surface area contributed by atoms with Crippen LogP contribution in [0, 0.1) is 0 Å². The first-order valence-electron chi connectivity index (χ1n) is 8.65. The Kier molecular flexibility index (Phi) is 5.16. The van der Waals surface area contributed by atoms with Gasteiger partial charge in [0.15, 0.2) is 17.9 Å². The van der Waals surface area contributed by atoms with Gasteiger partial charge in [0.05, 0.1) is 17.6 Å². The molecule has 0 saturated carbocycles. The summed E-state index contributed by atoms with van der Waals surface area (Å²) in [7, 11) is 1.70. The highest BCUT2D eigenvalue weighted by atomic mass is 16.2. The molecule has 2 heterocycles. The number of hydrogen-bond acceptors (Lipinski definition) is 6. The third-order valence-electron chi connectivity index (χ3n) is 4.54. The van der Waals surface area contributed by atoms with Gasteiger partial charge in [-0.2, -0.15) is 0 Å². The van der Waals surface area contributed by atoms with Crippen LogP contribution in [0.15, 0.2) is 24.3 Å². The van der Waals surface area contributed by atoms with E-state index in [4.69, 9.17) is 5.73 Å². The van der Waals surface area contributed by atoms with Crippen LogP contribution in [0.1, 0.15) is 25.6 Å². The number of carbonyl (C=O) groups is 3. The van der Waals surface area contributed by atoms with Gasteiger partial charge in [0.1, 0.15) is 11.3 Å². The van der Waals surface area contributed by atoms with E-state index in [0.717, 1.165) is 16.4 Å². The quantitative estimate of drug-likeness (QED) is 0.502. The molecule has 0 atom stereocenters. The highest BCUT2D eigenvalue weighted by Gasteiger charge is 2.19. The van der Waals surface area contributed by atoms with Crippen molar-refractivity contribution in [3.63, 3.8) is 0 Å². The lowest BCUT2D eigenvalue weighted by atomic mass is 10.1. The minimum absolute atomic E-state index is 0.0827. The first kappa shape index (κ1) is 18.5. The zero-order chi connectivity index (χ0) is 19.6. The second-order valence-corrected chi connectivity index (χ2v) is 6.45. The van der Waals surface area contributed by atoms with Crippen LogP contribution < -0.4 is 5.73 Å². The van der Waals surface area contributed by atoms with E-state index in [1.54, 1.807) is 11.9 Å². The molecule has 0 saturated heterocycles. The fourth-order valence-electron chi connectivity index (χ4n) is 3.06. The summed E-state index contributed by atoms with van der Waals surface area (Å²) in [5.74, 6) is 0.456. The van der Waals surface area contributed by atoms with Gasteiger partial charge in [-0.1, -0.05) is 18.2 Å². The van der Waals surface area contributed by atoms with E-state index < -0.39 is 5.78 Å². The fraction of sp³-hybridized carbons (Fsp3) is 0.316. The highest BCUT2D eigenvalue weighted by Crippen LogP contribution is 2.29. The van der Waals surface area contributed by atoms with Crippen LogP contribution in [0.5, 0.6) is 0 Å². The molecule has 2 aromatic heterocycles. The maximum Gasteiger partial charge on any atom is 0.219 e. The van der Waals surface area contributed by atoms with Crippen LogP contribution in [0.25, 0.3) is 21.9 Å². The average Bonchev–Trinajstić information content (AvgIpc) is 3.00. The SMILES string of the molecule is CC(=O)N(C)Cc1nc2c(N)nc3ccccc3c2n1CCCC(=O)C=O. The average molecular weight is 367 g/mol. The van der Waals surface area contributed by atoms with Gasteiger partial charge in [-0.25, -0.2) is 9.97 Å². The molecule has 0 bridgehead atoms. The summed E-state index contributed by atoms with van der Waals surface area (Å²) in [6, 6.07) is 7.61. The number of nitrogens with zero attached hydrogens (tertiary/aromatic N) is 4. The van der Waals surface area contributed by atoms with E-state index >= 15 is 0 Å². The van der Waals surface area contributed by atoms with E-state index in [-0.39, 0.29) is 12.3 Å². The topological polar surface area (TPSA) is 111 Å². The number of benzene rings is 1. The summed E-state index contributed by atoms with van der Waals surface area (Å²) in [5.41, 5.74) is 8.27. The zero-order valence-electron chi connectivity index (χ0n) is 15.3. The molecule has 0 aliphatic rings. The van der Waals surface area contributed by atoms with Crippen LogP contribution in [-0.4, -0.2) is 44.5 Å². The number of nitrogens with two attached hydrogens (primary N) is 1. The number of carbonyl (C=O) groups excluding carboxylic acids is 3. The number of nitrogen functional groups attached to an aromatic ring is 1. The lowest BCUT2D eigenvalue weighted by molar-refractivity contribution is -0.129. The minimum Gasteiger partial charge on any atom is -0.382 e. The number of anilines is 1. The molecule has 0 unspecified atom stereocenters. The van der Waals surface area contributed by atoms with Crippen molar-refractivity contribution in [3.8, 4) is 0 Å². The first-order valence-corrected chi connectivity index (χ1v) is 8.65. The van der Waals surface area contributed by atoms with Gasteiger partial charge >= 0.3 is 0 Å². The molecule has 8 heteroatoms.